The van der Waals surface area contributed by atoms with E-state index >= 15 is 0 Å². The number of carbonyl (C=O) groups is 1. The Labute approximate surface area is 292 Å². The van der Waals surface area contributed by atoms with Gasteiger partial charge in [-0.3, -0.25) is 0 Å². The molecule has 2 aromatic rings. The van der Waals surface area contributed by atoms with Crippen molar-refractivity contribution in [3.63, 3.8) is 0 Å². The molecule has 1 heterocycles. The molecule has 0 spiro atoms. The van der Waals surface area contributed by atoms with Gasteiger partial charge in [-0.25, -0.2) is 4.79 Å². The van der Waals surface area contributed by atoms with E-state index in [1.165, 1.54) is 0 Å². The van der Waals surface area contributed by atoms with Crippen molar-refractivity contribution in [3.8, 4) is 0 Å². The normalized spacial score (nSPS) is 20.7. The third-order valence-corrected chi connectivity index (χ3v) is 12.1. The van der Waals surface area contributed by atoms with E-state index < -0.39 is 28.4 Å². The minimum Gasteiger partial charge on any atom is -0.383 e. The molecule has 11 heteroatoms. The maximum atomic E-state index is 14.8. The Morgan fingerprint density at radius 3 is 1.29 bits per heavy atom. The van der Waals surface area contributed by atoms with Gasteiger partial charge in [0.2, 0.25) is 0 Å². The second kappa shape index (κ2) is 20.5. The molecule has 0 aliphatic carbocycles. The Bertz CT molecular complexity index is 1070. The summed E-state index contributed by atoms with van der Waals surface area (Å²) in [7, 11) is 0.757. The molecule has 270 valence electrons. The Kier molecular flexibility index (Phi) is 17.3. The minimum atomic E-state index is -1.29. The SMILES string of the molecule is COCCN1C(=O)N(CCOC)[C@H](Cc2ccccc2)[C@H](OCOCC[Si](C)(C)C)[C@@H](OCOCC[Si](C)(C)C)[C@H]1Cc1ccccc1. The highest BCUT2D eigenvalue weighted by Crippen LogP contribution is 2.31. The van der Waals surface area contributed by atoms with Crippen LogP contribution in [0.3, 0.4) is 0 Å². The van der Waals surface area contributed by atoms with Crippen LogP contribution in [0.1, 0.15) is 11.1 Å². The highest BCUT2D eigenvalue weighted by Gasteiger charge is 2.48. The van der Waals surface area contributed by atoms with Gasteiger partial charge in [-0.2, -0.15) is 0 Å². The average molecular weight is 703 g/mol. The smallest absolute Gasteiger partial charge is 0.320 e. The van der Waals surface area contributed by atoms with Gasteiger partial charge in [0.15, 0.2) is 0 Å². The third-order valence-electron chi connectivity index (χ3n) is 8.70. The fourth-order valence-electron chi connectivity index (χ4n) is 5.85. The van der Waals surface area contributed by atoms with Gasteiger partial charge in [-0.1, -0.05) is 99.9 Å². The van der Waals surface area contributed by atoms with Gasteiger partial charge < -0.3 is 38.2 Å². The molecule has 1 fully saturated rings. The molecule has 0 bridgehead atoms. The Hall–Kier alpha value is -2.10. The van der Waals surface area contributed by atoms with E-state index in [4.69, 9.17) is 28.4 Å². The van der Waals surface area contributed by atoms with Crippen LogP contribution in [0, 0.1) is 0 Å². The van der Waals surface area contributed by atoms with Crippen molar-refractivity contribution < 1.29 is 33.2 Å². The first-order chi connectivity index (χ1) is 22.9. The van der Waals surface area contributed by atoms with Gasteiger partial charge in [0.1, 0.15) is 25.8 Å². The van der Waals surface area contributed by atoms with E-state index in [1.807, 2.05) is 46.2 Å². The number of methoxy groups -OCH3 is 2. The van der Waals surface area contributed by atoms with E-state index in [1.54, 1.807) is 14.2 Å². The van der Waals surface area contributed by atoms with E-state index in [0.717, 1.165) is 23.2 Å². The van der Waals surface area contributed by atoms with Gasteiger partial charge in [0.05, 0.1) is 25.3 Å². The van der Waals surface area contributed by atoms with Crippen LogP contribution < -0.4 is 0 Å². The molecule has 1 aliphatic heterocycles. The highest BCUT2D eigenvalue weighted by molar-refractivity contribution is 6.76. The first-order valence-electron chi connectivity index (χ1n) is 17.4. The number of nitrogens with zero attached hydrogens (tertiary/aromatic N) is 2. The standard InChI is InChI=1S/C37H62N2O7Si2/c1-41-21-19-38-33(27-31-15-11-9-12-16-31)35(45-29-43-23-25-47(3,4)5)36(46-30-44-24-26-48(6,7)8)34(28-32-17-13-10-14-18-32)39(37(38)40)20-22-42-2/h9-18,33-36H,19-30H2,1-8H3/t33-,34-,35+,36+/m1/s1. The topological polar surface area (TPSA) is 78.9 Å². The fraction of sp³-hybridized carbons (Fsp3) is 0.649. The van der Waals surface area contributed by atoms with Gasteiger partial charge in [-0.15, -0.1) is 0 Å². The number of rotatable bonds is 22. The number of hydrogen-bond donors (Lipinski definition) is 0. The molecule has 9 nitrogen and oxygen atoms in total. The molecular formula is C37H62N2O7Si2. The zero-order valence-corrected chi connectivity index (χ0v) is 32.8. The molecule has 2 amide bonds. The van der Waals surface area contributed by atoms with Gasteiger partial charge in [0, 0.05) is 56.7 Å². The molecule has 0 radical (unpaired) electrons. The lowest BCUT2D eigenvalue weighted by atomic mass is 9.90. The van der Waals surface area contributed by atoms with Crippen LogP contribution >= 0.6 is 0 Å². The molecule has 48 heavy (non-hydrogen) atoms. The molecule has 0 N–H and O–H groups in total. The molecule has 0 unspecified atom stereocenters. The number of ether oxygens (including phenoxy) is 6. The summed E-state index contributed by atoms with van der Waals surface area (Å²) in [5.41, 5.74) is 2.22. The average Bonchev–Trinajstić information content (AvgIpc) is 3.11. The second-order valence-corrected chi connectivity index (χ2v) is 26.3. The number of benzene rings is 2. The van der Waals surface area contributed by atoms with Crippen molar-refractivity contribution in [1.29, 1.82) is 0 Å². The lowest BCUT2D eigenvalue weighted by Crippen LogP contribution is -2.54. The summed E-state index contributed by atoms with van der Waals surface area (Å²) in [4.78, 5) is 18.6. The molecule has 2 aromatic carbocycles. The van der Waals surface area contributed by atoms with E-state index in [-0.39, 0.29) is 31.7 Å². The summed E-state index contributed by atoms with van der Waals surface area (Å²) in [5.74, 6) is 0. The van der Waals surface area contributed by atoms with Gasteiger partial charge >= 0.3 is 6.03 Å². The lowest BCUT2D eigenvalue weighted by molar-refractivity contribution is -0.187. The van der Waals surface area contributed by atoms with Crippen LogP contribution in [0.25, 0.3) is 0 Å². The number of hydrogen-bond acceptors (Lipinski definition) is 7. The summed E-state index contributed by atoms with van der Waals surface area (Å²) < 4.78 is 37.0. The summed E-state index contributed by atoms with van der Waals surface area (Å²) in [5, 5.41) is 0. The summed E-state index contributed by atoms with van der Waals surface area (Å²) in [6.07, 6.45) is 0.143. The van der Waals surface area contributed by atoms with Crippen LogP contribution in [0.5, 0.6) is 0 Å². The van der Waals surface area contributed by atoms with Crippen molar-refractivity contribution >= 4 is 22.2 Å². The van der Waals surface area contributed by atoms with Crippen LogP contribution in [0.15, 0.2) is 60.7 Å². The maximum Gasteiger partial charge on any atom is 0.320 e. The molecule has 3 rings (SSSR count). The first-order valence-corrected chi connectivity index (χ1v) is 24.9. The summed E-state index contributed by atoms with van der Waals surface area (Å²) in [6, 6.07) is 21.9. The van der Waals surface area contributed by atoms with Crippen LogP contribution in [0.2, 0.25) is 51.4 Å². The predicted octanol–water partition coefficient (Wildman–Crippen LogP) is 6.63. The molecule has 0 saturated carbocycles. The van der Waals surface area contributed by atoms with Gasteiger partial charge in [-0.05, 0) is 36.1 Å². The second-order valence-electron chi connectivity index (χ2n) is 15.1. The number of urea groups is 1. The van der Waals surface area contributed by atoms with Crippen molar-refractivity contribution in [2.75, 3.05) is 67.3 Å². The van der Waals surface area contributed by atoms with Crippen LogP contribution in [-0.2, 0) is 41.3 Å². The highest BCUT2D eigenvalue weighted by atomic mass is 28.3. The van der Waals surface area contributed by atoms with Crippen molar-refractivity contribution in [2.45, 2.75) is 88.5 Å². The fourth-order valence-corrected chi connectivity index (χ4v) is 7.36. The molecule has 1 aliphatic rings. The van der Waals surface area contributed by atoms with Crippen molar-refractivity contribution in [2.24, 2.45) is 0 Å². The summed E-state index contributed by atoms with van der Waals surface area (Å²) >= 11 is 0. The number of amides is 2. The monoisotopic (exact) mass is 702 g/mol. The molecule has 4 atom stereocenters. The quantitative estimate of drug-likeness (QED) is 0.0774. The van der Waals surface area contributed by atoms with Crippen molar-refractivity contribution in [1.82, 2.24) is 9.80 Å². The Balaban J connectivity index is 2.09. The predicted molar refractivity (Wildman–Crippen MR) is 198 cm³/mol. The van der Waals surface area contributed by atoms with Gasteiger partial charge in [0.25, 0.3) is 0 Å². The molecule has 1 saturated heterocycles. The molecule has 0 aromatic heterocycles. The third kappa shape index (κ3) is 14.0. The largest absolute Gasteiger partial charge is 0.383 e. The Morgan fingerprint density at radius 1 is 0.583 bits per heavy atom. The van der Waals surface area contributed by atoms with Crippen LogP contribution in [0.4, 0.5) is 4.79 Å². The summed E-state index contributed by atoms with van der Waals surface area (Å²) in [6.45, 7) is 17.1. The number of carbonyl (C=O) groups excluding carboxylic acids is 1. The van der Waals surface area contributed by atoms with E-state index in [0.29, 0.717) is 52.4 Å². The zero-order valence-electron chi connectivity index (χ0n) is 30.8. The zero-order chi connectivity index (χ0) is 35.0. The maximum absolute atomic E-state index is 14.8. The lowest BCUT2D eigenvalue weighted by Gasteiger charge is -2.38. The first kappa shape index (κ1) is 40.3. The Morgan fingerprint density at radius 2 is 0.958 bits per heavy atom. The van der Waals surface area contributed by atoms with E-state index in [2.05, 4.69) is 63.5 Å². The minimum absolute atomic E-state index is 0.0787. The molecular weight excluding hydrogens is 641 g/mol. The van der Waals surface area contributed by atoms with Crippen molar-refractivity contribution in [3.05, 3.63) is 71.8 Å². The van der Waals surface area contributed by atoms with E-state index in [9.17, 15) is 4.79 Å². The van der Waals surface area contributed by atoms with Crippen LogP contribution in [-0.4, -0.2) is 124 Å².